The van der Waals surface area contributed by atoms with Gasteiger partial charge in [-0.3, -0.25) is 4.79 Å². The first-order valence-electron chi connectivity index (χ1n) is 6.85. The fourth-order valence-corrected chi connectivity index (χ4v) is 3.31. The molecule has 102 valence electrons. The fourth-order valence-electron chi connectivity index (χ4n) is 3.12. The van der Waals surface area contributed by atoms with Gasteiger partial charge in [0.05, 0.1) is 5.41 Å². The van der Waals surface area contributed by atoms with Gasteiger partial charge in [-0.2, -0.15) is 0 Å². The van der Waals surface area contributed by atoms with Crippen molar-refractivity contribution in [2.75, 3.05) is 13.1 Å². The maximum atomic E-state index is 11.8. The predicted octanol–water partition coefficient (Wildman–Crippen LogP) is 2.92. The molecule has 0 amide bonds. The molecule has 2 aliphatic rings. The van der Waals surface area contributed by atoms with E-state index in [0.29, 0.717) is 23.9 Å². The SMILES string of the molecule is O=C(O)C1(c2cccc(Cl)c2)CCN(C2CC2)CC1. The normalized spacial score (nSPS) is 23.2. The van der Waals surface area contributed by atoms with E-state index < -0.39 is 11.4 Å². The zero-order valence-electron chi connectivity index (χ0n) is 10.8. The molecule has 19 heavy (non-hydrogen) atoms. The number of hydrogen-bond acceptors (Lipinski definition) is 2. The lowest BCUT2D eigenvalue weighted by molar-refractivity contribution is -0.146. The van der Waals surface area contributed by atoms with Crippen LogP contribution < -0.4 is 0 Å². The van der Waals surface area contributed by atoms with Crippen LogP contribution in [0.1, 0.15) is 31.2 Å². The topological polar surface area (TPSA) is 40.5 Å². The molecule has 1 saturated heterocycles. The molecule has 1 heterocycles. The van der Waals surface area contributed by atoms with Gasteiger partial charge in [-0.05, 0) is 56.5 Å². The third-order valence-corrected chi connectivity index (χ3v) is 4.74. The number of carbonyl (C=O) groups is 1. The summed E-state index contributed by atoms with van der Waals surface area (Å²) in [6.45, 7) is 1.76. The highest BCUT2D eigenvalue weighted by Gasteiger charge is 2.45. The number of benzene rings is 1. The van der Waals surface area contributed by atoms with Gasteiger partial charge in [0.2, 0.25) is 0 Å². The minimum Gasteiger partial charge on any atom is -0.481 e. The van der Waals surface area contributed by atoms with E-state index in [2.05, 4.69) is 4.90 Å². The Bertz CT molecular complexity index is 491. The molecule has 3 nitrogen and oxygen atoms in total. The first-order valence-corrected chi connectivity index (χ1v) is 7.23. The zero-order valence-corrected chi connectivity index (χ0v) is 11.6. The number of aliphatic carboxylic acids is 1. The van der Waals surface area contributed by atoms with E-state index in [0.717, 1.165) is 18.7 Å². The molecule has 1 aliphatic carbocycles. The summed E-state index contributed by atoms with van der Waals surface area (Å²) < 4.78 is 0. The van der Waals surface area contributed by atoms with Crippen LogP contribution in [0.5, 0.6) is 0 Å². The summed E-state index contributed by atoms with van der Waals surface area (Å²) in [5.41, 5.74) is 0.0963. The van der Waals surface area contributed by atoms with Gasteiger partial charge in [0.25, 0.3) is 0 Å². The van der Waals surface area contributed by atoms with E-state index in [1.165, 1.54) is 12.8 Å². The first-order chi connectivity index (χ1) is 9.12. The van der Waals surface area contributed by atoms with E-state index in [-0.39, 0.29) is 0 Å². The lowest BCUT2D eigenvalue weighted by atomic mass is 9.73. The molecule has 2 fully saturated rings. The average Bonchev–Trinajstić information content (AvgIpc) is 3.23. The van der Waals surface area contributed by atoms with Crippen LogP contribution in [0.3, 0.4) is 0 Å². The van der Waals surface area contributed by atoms with Crippen molar-refractivity contribution in [1.29, 1.82) is 0 Å². The minimum atomic E-state index is -0.754. The number of likely N-dealkylation sites (tertiary alicyclic amines) is 1. The van der Waals surface area contributed by atoms with Crippen LogP contribution in [0.15, 0.2) is 24.3 Å². The molecule has 1 saturated carbocycles. The fraction of sp³-hybridized carbons (Fsp3) is 0.533. The number of carboxylic acids is 1. The number of nitrogens with zero attached hydrogens (tertiary/aromatic N) is 1. The van der Waals surface area contributed by atoms with Gasteiger partial charge in [-0.1, -0.05) is 23.7 Å². The van der Waals surface area contributed by atoms with Crippen LogP contribution in [0.25, 0.3) is 0 Å². The van der Waals surface area contributed by atoms with E-state index in [1.807, 2.05) is 18.2 Å². The van der Waals surface area contributed by atoms with E-state index in [4.69, 9.17) is 11.6 Å². The van der Waals surface area contributed by atoms with Crippen LogP contribution in [-0.4, -0.2) is 35.1 Å². The Hall–Kier alpha value is -1.06. The Morgan fingerprint density at radius 2 is 2.00 bits per heavy atom. The van der Waals surface area contributed by atoms with Gasteiger partial charge in [0.15, 0.2) is 0 Å². The summed E-state index contributed by atoms with van der Waals surface area (Å²) in [5, 5.41) is 10.3. The molecule has 0 bridgehead atoms. The van der Waals surface area contributed by atoms with Crippen LogP contribution >= 0.6 is 11.6 Å². The number of halogens is 1. The highest BCUT2D eigenvalue weighted by atomic mass is 35.5. The summed E-state index contributed by atoms with van der Waals surface area (Å²) in [5.74, 6) is -0.717. The summed E-state index contributed by atoms with van der Waals surface area (Å²) in [6.07, 6.45) is 3.91. The van der Waals surface area contributed by atoms with Gasteiger partial charge < -0.3 is 10.0 Å². The van der Waals surface area contributed by atoms with Crippen molar-refractivity contribution in [3.8, 4) is 0 Å². The number of hydrogen-bond donors (Lipinski definition) is 1. The van der Waals surface area contributed by atoms with Crippen LogP contribution in [0.2, 0.25) is 5.02 Å². The van der Waals surface area contributed by atoms with Crippen molar-refractivity contribution in [2.45, 2.75) is 37.1 Å². The zero-order chi connectivity index (χ0) is 13.5. The largest absolute Gasteiger partial charge is 0.481 e. The van der Waals surface area contributed by atoms with Crippen molar-refractivity contribution in [1.82, 2.24) is 4.90 Å². The summed E-state index contributed by atoms with van der Waals surface area (Å²) in [6, 6.07) is 8.05. The van der Waals surface area contributed by atoms with Crippen molar-refractivity contribution in [2.24, 2.45) is 0 Å². The van der Waals surface area contributed by atoms with Crippen molar-refractivity contribution in [3.63, 3.8) is 0 Å². The van der Waals surface area contributed by atoms with Gasteiger partial charge in [0.1, 0.15) is 0 Å². The first kappa shape index (κ1) is 12.9. The maximum Gasteiger partial charge on any atom is 0.314 e. The molecule has 4 heteroatoms. The lowest BCUT2D eigenvalue weighted by Crippen LogP contribution is -2.47. The average molecular weight is 280 g/mol. The van der Waals surface area contributed by atoms with Crippen LogP contribution in [-0.2, 0) is 10.2 Å². The summed E-state index contributed by atoms with van der Waals surface area (Å²) >= 11 is 6.02. The number of rotatable bonds is 3. The van der Waals surface area contributed by atoms with Gasteiger partial charge >= 0.3 is 5.97 Å². The second-order valence-corrected chi connectivity index (χ2v) is 6.10. The number of carboxylic acid groups (broad SMARTS) is 1. The van der Waals surface area contributed by atoms with Gasteiger partial charge in [0, 0.05) is 11.1 Å². The highest BCUT2D eigenvalue weighted by molar-refractivity contribution is 6.30. The molecule has 1 aliphatic heterocycles. The van der Waals surface area contributed by atoms with Gasteiger partial charge in [-0.25, -0.2) is 0 Å². The van der Waals surface area contributed by atoms with Crippen LogP contribution in [0, 0.1) is 0 Å². The van der Waals surface area contributed by atoms with E-state index >= 15 is 0 Å². The molecule has 0 unspecified atom stereocenters. The molecule has 1 N–H and O–H groups in total. The molecule has 1 aromatic rings. The predicted molar refractivity (Wildman–Crippen MR) is 74.6 cm³/mol. The number of piperidine rings is 1. The summed E-state index contributed by atoms with van der Waals surface area (Å²) in [7, 11) is 0. The molecule has 0 spiro atoms. The standard InChI is InChI=1S/C15H18ClNO2/c16-12-3-1-2-11(10-12)15(14(18)19)6-8-17(9-7-15)13-4-5-13/h1-3,10,13H,4-9H2,(H,18,19). The summed E-state index contributed by atoms with van der Waals surface area (Å²) in [4.78, 5) is 14.3. The molecule has 1 aromatic carbocycles. The molecule has 0 aromatic heterocycles. The monoisotopic (exact) mass is 279 g/mol. The Morgan fingerprint density at radius 3 is 2.53 bits per heavy atom. The van der Waals surface area contributed by atoms with Crippen molar-refractivity contribution < 1.29 is 9.90 Å². The Morgan fingerprint density at radius 1 is 1.32 bits per heavy atom. The van der Waals surface area contributed by atoms with Crippen LogP contribution in [0.4, 0.5) is 0 Å². The minimum absolute atomic E-state index is 0.614. The molecule has 0 radical (unpaired) electrons. The second kappa shape index (κ2) is 4.80. The molecule has 3 rings (SSSR count). The third kappa shape index (κ3) is 2.37. The molecular weight excluding hydrogens is 262 g/mol. The smallest absolute Gasteiger partial charge is 0.314 e. The van der Waals surface area contributed by atoms with Gasteiger partial charge in [-0.15, -0.1) is 0 Å². The quantitative estimate of drug-likeness (QED) is 0.925. The highest BCUT2D eigenvalue weighted by Crippen LogP contribution is 2.40. The second-order valence-electron chi connectivity index (χ2n) is 5.66. The Kier molecular flexibility index (Phi) is 3.27. The Labute approximate surface area is 118 Å². The van der Waals surface area contributed by atoms with E-state index in [9.17, 15) is 9.90 Å². The molecule has 0 atom stereocenters. The molecular formula is C15H18ClNO2. The Balaban J connectivity index is 1.86. The van der Waals surface area contributed by atoms with Crippen molar-refractivity contribution >= 4 is 17.6 Å². The lowest BCUT2D eigenvalue weighted by Gasteiger charge is -2.39. The van der Waals surface area contributed by atoms with E-state index in [1.54, 1.807) is 6.07 Å². The maximum absolute atomic E-state index is 11.8. The third-order valence-electron chi connectivity index (χ3n) is 4.50. The van der Waals surface area contributed by atoms with Crippen molar-refractivity contribution in [3.05, 3.63) is 34.9 Å².